The van der Waals surface area contributed by atoms with Crippen LogP contribution in [0.15, 0.2) is 72.9 Å². The summed E-state index contributed by atoms with van der Waals surface area (Å²) in [5, 5.41) is 11.9. The molecule has 0 aliphatic heterocycles. The summed E-state index contributed by atoms with van der Waals surface area (Å²) in [5.74, 6) is 2.64. The third-order valence-electron chi connectivity index (χ3n) is 4.91. The van der Waals surface area contributed by atoms with Gasteiger partial charge in [0.1, 0.15) is 36.2 Å². The minimum Gasteiger partial charge on any atom is -0.490 e. The van der Waals surface area contributed by atoms with E-state index in [1.165, 1.54) is 17.7 Å². The summed E-state index contributed by atoms with van der Waals surface area (Å²) >= 11 is 0. The highest BCUT2D eigenvalue weighted by molar-refractivity contribution is 5.84. The quantitative estimate of drug-likeness (QED) is 0.221. The van der Waals surface area contributed by atoms with Crippen molar-refractivity contribution in [3.05, 3.63) is 88.6 Å². The Labute approximate surface area is 184 Å². The molecule has 8 nitrogen and oxygen atoms in total. The number of hydrogen-bond acceptors (Lipinski definition) is 5. The van der Waals surface area contributed by atoms with Crippen LogP contribution in [-0.4, -0.2) is 29.7 Å². The fraction of sp³-hybridized carbons (Fsp3) is 0.167. The van der Waals surface area contributed by atoms with E-state index >= 15 is 0 Å². The van der Waals surface area contributed by atoms with Crippen LogP contribution in [0, 0.1) is 10.1 Å². The molecule has 1 heterocycles. The van der Waals surface area contributed by atoms with Crippen LogP contribution >= 0.6 is 0 Å². The first-order valence-corrected chi connectivity index (χ1v) is 10.3. The fourth-order valence-corrected chi connectivity index (χ4v) is 3.34. The number of nitro groups is 1. The summed E-state index contributed by atoms with van der Waals surface area (Å²) in [7, 11) is 0. The number of nitrogens with zero attached hydrogens (tertiary/aromatic N) is 1. The Morgan fingerprint density at radius 2 is 1.44 bits per heavy atom. The topological polar surface area (TPSA) is 114 Å². The van der Waals surface area contributed by atoms with Gasteiger partial charge in [0.15, 0.2) is 0 Å². The minimum absolute atomic E-state index is 0.0232. The number of non-ortho nitro benzene ring substituents is 1. The van der Waals surface area contributed by atoms with E-state index in [9.17, 15) is 10.1 Å². The molecule has 0 amide bonds. The maximum Gasteiger partial charge on any atom is 0.269 e. The molecule has 8 heteroatoms. The molecule has 3 aromatic carbocycles. The molecular weight excluding hydrogens is 410 g/mol. The summed E-state index contributed by atoms with van der Waals surface area (Å²) in [6, 6.07) is 19.1. The van der Waals surface area contributed by atoms with Gasteiger partial charge in [-0.25, -0.2) is 0 Å². The van der Waals surface area contributed by atoms with Gasteiger partial charge < -0.3 is 24.9 Å². The van der Waals surface area contributed by atoms with Crippen molar-refractivity contribution in [1.82, 2.24) is 4.98 Å². The largest absolute Gasteiger partial charge is 0.490 e. The molecular formula is C24H24N3O5+. The van der Waals surface area contributed by atoms with Crippen LogP contribution in [0.3, 0.4) is 0 Å². The zero-order valence-electron chi connectivity index (χ0n) is 17.5. The summed E-state index contributed by atoms with van der Waals surface area (Å²) in [6.45, 7) is 1.67. The number of aromatic amines is 1. The first-order valence-electron chi connectivity index (χ1n) is 10.3. The highest BCUT2D eigenvalue weighted by Gasteiger charge is 2.07. The Balaban J connectivity index is 1.26. The number of rotatable bonds is 10. The molecule has 0 saturated carbocycles. The Bertz CT molecular complexity index is 1190. The third-order valence-corrected chi connectivity index (χ3v) is 4.91. The normalized spacial score (nSPS) is 10.8. The number of benzene rings is 3. The highest BCUT2D eigenvalue weighted by Crippen LogP contribution is 2.26. The van der Waals surface area contributed by atoms with Crippen LogP contribution in [0.2, 0.25) is 0 Å². The van der Waals surface area contributed by atoms with Gasteiger partial charge in [-0.15, -0.1) is 0 Å². The molecule has 0 aliphatic rings. The molecule has 4 aromatic rings. The molecule has 0 radical (unpaired) electrons. The van der Waals surface area contributed by atoms with Crippen LogP contribution < -0.4 is 19.9 Å². The van der Waals surface area contributed by atoms with Crippen molar-refractivity contribution in [2.75, 3.05) is 19.8 Å². The van der Waals surface area contributed by atoms with Crippen LogP contribution in [-0.2, 0) is 6.42 Å². The third kappa shape index (κ3) is 5.16. The van der Waals surface area contributed by atoms with Crippen LogP contribution in [0.1, 0.15) is 5.56 Å². The minimum atomic E-state index is -0.445. The van der Waals surface area contributed by atoms with Crippen molar-refractivity contribution in [3.8, 4) is 23.0 Å². The second-order valence-electron chi connectivity index (χ2n) is 7.15. The zero-order valence-corrected chi connectivity index (χ0v) is 17.5. The van der Waals surface area contributed by atoms with E-state index < -0.39 is 4.92 Å². The van der Waals surface area contributed by atoms with Gasteiger partial charge >= 0.3 is 0 Å². The van der Waals surface area contributed by atoms with E-state index in [2.05, 4.69) is 10.7 Å². The van der Waals surface area contributed by atoms with Gasteiger partial charge in [-0.1, -0.05) is 0 Å². The number of fused-ring (bicyclic) bond motifs is 1. The monoisotopic (exact) mass is 434 g/mol. The maximum atomic E-state index is 10.7. The van der Waals surface area contributed by atoms with Gasteiger partial charge in [0.05, 0.1) is 11.5 Å². The van der Waals surface area contributed by atoms with Gasteiger partial charge in [0, 0.05) is 35.7 Å². The van der Waals surface area contributed by atoms with Crippen molar-refractivity contribution in [2.45, 2.75) is 6.42 Å². The molecule has 1 aromatic heterocycles. The first kappa shape index (κ1) is 21.2. The molecule has 0 saturated heterocycles. The van der Waals surface area contributed by atoms with E-state index in [0.717, 1.165) is 29.6 Å². The Morgan fingerprint density at radius 1 is 0.844 bits per heavy atom. The molecule has 0 aliphatic carbocycles. The Hall–Kier alpha value is -4.04. The molecule has 0 fully saturated rings. The van der Waals surface area contributed by atoms with Crippen molar-refractivity contribution < 1.29 is 24.9 Å². The van der Waals surface area contributed by atoms with E-state index in [1.54, 1.807) is 36.4 Å². The number of aromatic nitrogens is 1. The molecule has 0 unspecified atom stereocenters. The molecule has 4 rings (SSSR count). The second-order valence-corrected chi connectivity index (χ2v) is 7.15. The number of quaternary nitrogens is 1. The lowest BCUT2D eigenvalue weighted by Gasteiger charge is -2.10. The average molecular weight is 434 g/mol. The van der Waals surface area contributed by atoms with Crippen LogP contribution in [0.25, 0.3) is 10.9 Å². The molecule has 32 heavy (non-hydrogen) atoms. The predicted octanol–water partition coefficient (Wildman–Crippen LogP) is 4.11. The molecule has 0 atom stereocenters. The van der Waals surface area contributed by atoms with E-state index in [0.29, 0.717) is 30.5 Å². The van der Waals surface area contributed by atoms with Crippen LogP contribution in [0.5, 0.6) is 23.0 Å². The number of H-pyrrole nitrogens is 1. The van der Waals surface area contributed by atoms with E-state index in [4.69, 9.17) is 14.2 Å². The highest BCUT2D eigenvalue weighted by atomic mass is 16.6. The van der Waals surface area contributed by atoms with Gasteiger partial charge in [0.25, 0.3) is 5.69 Å². The molecule has 164 valence electrons. The summed E-state index contributed by atoms with van der Waals surface area (Å²) in [5.41, 5.74) is 6.28. The number of nitrogens with one attached hydrogen (secondary N) is 1. The van der Waals surface area contributed by atoms with Gasteiger partial charge in [0.2, 0.25) is 0 Å². The van der Waals surface area contributed by atoms with Gasteiger partial charge in [-0.3, -0.25) is 10.1 Å². The smallest absolute Gasteiger partial charge is 0.269 e. The van der Waals surface area contributed by atoms with E-state index in [-0.39, 0.29) is 5.69 Å². The van der Waals surface area contributed by atoms with Crippen molar-refractivity contribution in [3.63, 3.8) is 0 Å². The van der Waals surface area contributed by atoms with Gasteiger partial charge in [-0.2, -0.15) is 0 Å². The Kier molecular flexibility index (Phi) is 6.52. The lowest BCUT2D eigenvalue weighted by Crippen LogP contribution is -2.51. The lowest BCUT2D eigenvalue weighted by molar-refractivity contribution is -0.384. The molecule has 4 N–H and O–H groups in total. The maximum absolute atomic E-state index is 10.7. The summed E-state index contributed by atoms with van der Waals surface area (Å²) in [6.07, 6.45) is 2.95. The average Bonchev–Trinajstić information content (AvgIpc) is 3.20. The summed E-state index contributed by atoms with van der Waals surface area (Å²) in [4.78, 5) is 13.5. The molecule has 0 bridgehead atoms. The summed E-state index contributed by atoms with van der Waals surface area (Å²) < 4.78 is 17.3. The standard InChI is InChI=1S/C24H23N3O5/c25-12-11-17-16-26-24-10-9-22(15-23(17)24)31-14-13-30-19-5-7-21(8-6-19)32-20-3-1-18(2-4-20)27(28)29/h1-10,15-16,26H,11-14,25H2/p+1. The number of nitro benzene ring substituents is 1. The predicted molar refractivity (Wildman–Crippen MR) is 120 cm³/mol. The van der Waals surface area contributed by atoms with Crippen molar-refractivity contribution in [1.29, 1.82) is 0 Å². The van der Waals surface area contributed by atoms with Crippen molar-refractivity contribution >= 4 is 16.6 Å². The van der Waals surface area contributed by atoms with Crippen LogP contribution in [0.4, 0.5) is 5.69 Å². The fourth-order valence-electron chi connectivity index (χ4n) is 3.34. The number of hydrogen-bond donors (Lipinski definition) is 2. The lowest BCUT2D eigenvalue weighted by atomic mass is 10.1. The van der Waals surface area contributed by atoms with Crippen molar-refractivity contribution in [2.24, 2.45) is 0 Å². The van der Waals surface area contributed by atoms with E-state index in [1.807, 2.05) is 24.4 Å². The molecule has 0 spiro atoms. The Morgan fingerprint density at radius 3 is 2.09 bits per heavy atom. The zero-order chi connectivity index (χ0) is 22.3. The first-order chi connectivity index (χ1) is 15.6. The number of ether oxygens (including phenoxy) is 3. The SMILES string of the molecule is [NH3+]CCc1c[nH]c2ccc(OCCOc3ccc(Oc4ccc([N+](=O)[O-])cc4)cc3)cc12. The second kappa shape index (κ2) is 9.84. The van der Waals surface area contributed by atoms with Gasteiger partial charge in [-0.05, 0) is 60.2 Å².